The highest BCUT2D eigenvalue weighted by atomic mass is 32.1. The first-order chi connectivity index (χ1) is 20.1. The van der Waals surface area contributed by atoms with Crippen molar-refractivity contribution in [3.63, 3.8) is 0 Å². The van der Waals surface area contributed by atoms with E-state index >= 15 is 0 Å². The second kappa shape index (κ2) is 11.2. The standard InChI is InChI=1S/C34H27N3O3S/c1-39-28-20-12-19-25(31(28)40-2)26-21-27(22-13-6-3-7-14-22)36-33-29(26)30(35)32(41-33)34(38)37(23-15-8-4-9-16-23)24-17-10-5-11-18-24/h3-21H,35H2,1-2H3. The monoisotopic (exact) mass is 557 g/mol. The molecule has 0 saturated carbocycles. The van der Waals surface area contributed by atoms with E-state index in [-0.39, 0.29) is 5.91 Å². The summed E-state index contributed by atoms with van der Waals surface area (Å²) in [7, 11) is 3.22. The van der Waals surface area contributed by atoms with E-state index in [0.717, 1.165) is 33.8 Å². The first-order valence-electron chi connectivity index (χ1n) is 13.0. The Morgan fingerprint density at radius 2 is 1.37 bits per heavy atom. The van der Waals surface area contributed by atoms with Crippen molar-refractivity contribution in [1.82, 2.24) is 4.98 Å². The number of hydrogen-bond donors (Lipinski definition) is 1. The number of rotatable bonds is 7. The minimum atomic E-state index is -0.229. The van der Waals surface area contributed by atoms with Crippen molar-refractivity contribution in [1.29, 1.82) is 0 Å². The largest absolute Gasteiger partial charge is 0.493 e. The fourth-order valence-electron chi connectivity index (χ4n) is 4.99. The van der Waals surface area contributed by atoms with Gasteiger partial charge in [-0.3, -0.25) is 9.69 Å². The molecule has 0 spiro atoms. The summed E-state index contributed by atoms with van der Waals surface area (Å²) >= 11 is 1.29. The van der Waals surface area contributed by atoms with Gasteiger partial charge in [0.15, 0.2) is 11.5 Å². The molecule has 2 aromatic heterocycles. The normalized spacial score (nSPS) is 10.9. The molecule has 0 radical (unpaired) electrons. The quantitative estimate of drug-likeness (QED) is 0.214. The van der Waals surface area contributed by atoms with Crippen molar-refractivity contribution in [2.24, 2.45) is 0 Å². The van der Waals surface area contributed by atoms with E-state index in [4.69, 9.17) is 20.2 Å². The van der Waals surface area contributed by atoms with E-state index in [1.165, 1.54) is 11.3 Å². The van der Waals surface area contributed by atoms with Gasteiger partial charge in [-0.25, -0.2) is 4.98 Å². The molecule has 2 N–H and O–H groups in total. The van der Waals surface area contributed by atoms with Gasteiger partial charge in [0.2, 0.25) is 0 Å². The number of benzene rings is 4. The lowest BCUT2D eigenvalue weighted by atomic mass is 9.98. The Kier molecular flexibility index (Phi) is 7.10. The molecular weight excluding hydrogens is 530 g/mol. The number of ether oxygens (including phenoxy) is 2. The maximum Gasteiger partial charge on any atom is 0.275 e. The van der Waals surface area contributed by atoms with Crippen LogP contribution in [0.1, 0.15) is 9.67 Å². The lowest BCUT2D eigenvalue weighted by Gasteiger charge is -2.22. The number of thiophene rings is 1. The average molecular weight is 558 g/mol. The number of carbonyl (C=O) groups excluding carboxylic acids is 1. The van der Waals surface area contributed by atoms with Gasteiger partial charge in [0.05, 0.1) is 25.6 Å². The Hall–Kier alpha value is -5.14. The second-order valence-corrected chi connectivity index (χ2v) is 10.3. The second-order valence-electron chi connectivity index (χ2n) is 9.30. The zero-order chi connectivity index (χ0) is 28.3. The summed E-state index contributed by atoms with van der Waals surface area (Å²) in [4.78, 5) is 22.1. The van der Waals surface area contributed by atoms with Gasteiger partial charge in [0, 0.05) is 33.5 Å². The summed E-state index contributed by atoms with van der Waals surface area (Å²) in [5, 5.41) is 0.700. The zero-order valence-corrected chi connectivity index (χ0v) is 23.4. The number of anilines is 3. The third-order valence-electron chi connectivity index (χ3n) is 6.89. The molecule has 0 bridgehead atoms. The number of para-hydroxylation sites is 3. The fraction of sp³-hybridized carbons (Fsp3) is 0.0588. The summed E-state index contributed by atoms with van der Waals surface area (Å²) < 4.78 is 11.4. The Bertz CT molecular complexity index is 1800. The number of amides is 1. The van der Waals surface area contributed by atoms with Gasteiger partial charge in [-0.1, -0.05) is 78.9 Å². The number of aromatic nitrogens is 1. The van der Waals surface area contributed by atoms with E-state index in [1.807, 2.05) is 115 Å². The number of carbonyl (C=O) groups is 1. The third-order valence-corrected chi connectivity index (χ3v) is 7.98. The van der Waals surface area contributed by atoms with Crippen LogP contribution < -0.4 is 20.1 Å². The summed E-state index contributed by atoms with van der Waals surface area (Å²) in [6, 6.07) is 36.8. The number of nitrogens with two attached hydrogens (primary N) is 1. The van der Waals surface area contributed by atoms with Gasteiger partial charge in [-0.05, 0) is 36.4 Å². The molecule has 7 heteroatoms. The molecule has 0 atom stereocenters. The van der Waals surface area contributed by atoms with Crippen LogP contribution in [-0.2, 0) is 0 Å². The van der Waals surface area contributed by atoms with Crippen LogP contribution in [-0.4, -0.2) is 25.1 Å². The van der Waals surface area contributed by atoms with Crippen LogP contribution >= 0.6 is 11.3 Å². The Labute approximate surface area is 242 Å². The predicted molar refractivity (Wildman–Crippen MR) is 167 cm³/mol. The fourth-order valence-corrected chi connectivity index (χ4v) is 6.04. The molecular formula is C34H27N3O3S. The molecule has 0 fully saturated rings. The molecule has 0 unspecified atom stereocenters. The van der Waals surface area contributed by atoms with Crippen LogP contribution in [0.15, 0.2) is 115 Å². The van der Waals surface area contributed by atoms with Crippen LogP contribution in [0.4, 0.5) is 17.1 Å². The van der Waals surface area contributed by atoms with Crippen molar-refractivity contribution in [3.05, 3.63) is 120 Å². The van der Waals surface area contributed by atoms with E-state index in [2.05, 4.69) is 0 Å². The first kappa shape index (κ1) is 26.1. The van der Waals surface area contributed by atoms with Crippen molar-refractivity contribution in [2.45, 2.75) is 0 Å². The van der Waals surface area contributed by atoms with Gasteiger partial charge < -0.3 is 15.2 Å². The molecule has 0 aliphatic rings. The molecule has 1 amide bonds. The molecule has 202 valence electrons. The van der Waals surface area contributed by atoms with Crippen LogP contribution in [0.3, 0.4) is 0 Å². The molecule has 0 saturated heterocycles. The number of nitrogens with zero attached hydrogens (tertiary/aromatic N) is 2. The summed E-state index contributed by atoms with van der Waals surface area (Å²) in [6.07, 6.45) is 0. The van der Waals surface area contributed by atoms with Gasteiger partial charge in [0.25, 0.3) is 5.91 Å². The van der Waals surface area contributed by atoms with Crippen LogP contribution in [0.25, 0.3) is 32.6 Å². The molecule has 6 aromatic rings. The van der Waals surface area contributed by atoms with Gasteiger partial charge in [-0.2, -0.15) is 0 Å². The highest BCUT2D eigenvalue weighted by Gasteiger charge is 2.28. The summed E-state index contributed by atoms with van der Waals surface area (Å²) in [6.45, 7) is 0. The molecule has 0 aliphatic carbocycles. The van der Waals surface area contributed by atoms with Crippen LogP contribution in [0, 0.1) is 0 Å². The minimum absolute atomic E-state index is 0.229. The van der Waals surface area contributed by atoms with Crippen molar-refractivity contribution in [2.75, 3.05) is 24.9 Å². The molecule has 41 heavy (non-hydrogen) atoms. The SMILES string of the molecule is COc1cccc(-c2cc(-c3ccccc3)nc3sc(C(=O)N(c4ccccc4)c4ccccc4)c(N)c23)c1OC. The van der Waals surface area contributed by atoms with E-state index in [0.29, 0.717) is 32.3 Å². The molecule has 4 aromatic carbocycles. The lowest BCUT2D eigenvalue weighted by molar-refractivity contribution is 0.100. The molecule has 2 heterocycles. The summed E-state index contributed by atoms with van der Waals surface area (Å²) in [5.74, 6) is 0.948. The van der Waals surface area contributed by atoms with Gasteiger partial charge in [0.1, 0.15) is 9.71 Å². The molecule has 0 aliphatic heterocycles. The smallest absolute Gasteiger partial charge is 0.275 e. The zero-order valence-electron chi connectivity index (χ0n) is 22.6. The van der Waals surface area contributed by atoms with Crippen LogP contribution in [0.5, 0.6) is 11.5 Å². The lowest BCUT2D eigenvalue weighted by Crippen LogP contribution is -2.25. The Balaban J connectivity index is 1.61. The summed E-state index contributed by atoms with van der Waals surface area (Å²) in [5.41, 5.74) is 12.1. The maximum absolute atomic E-state index is 14.3. The highest BCUT2D eigenvalue weighted by molar-refractivity contribution is 7.21. The van der Waals surface area contributed by atoms with E-state index in [9.17, 15) is 4.79 Å². The highest BCUT2D eigenvalue weighted by Crippen LogP contribution is 2.47. The van der Waals surface area contributed by atoms with Crippen molar-refractivity contribution in [3.8, 4) is 33.9 Å². The van der Waals surface area contributed by atoms with Crippen molar-refractivity contribution < 1.29 is 14.3 Å². The van der Waals surface area contributed by atoms with Gasteiger partial charge >= 0.3 is 0 Å². The Morgan fingerprint density at radius 1 is 0.756 bits per heavy atom. The minimum Gasteiger partial charge on any atom is -0.493 e. The number of methoxy groups -OCH3 is 2. The van der Waals surface area contributed by atoms with E-state index < -0.39 is 0 Å². The average Bonchev–Trinajstić information content (AvgIpc) is 3.37. The number of nitrogen functional groups attached to an aromatic ring is 1. The Morgan fingerprint density at radius 3 is 1.95 bits per heavy atom. The number of pyridine rings is 1. The van der Waals surface area contributed by atoms with Crippen LogP contribution in [0.2, 0.25) is 0 Å². The number of hydrogen-bond acceptors (Lipinski definition) is 6. The maximum atomic E-state index is 14.3. The first-order valence-corrected chi connectivity index (χ1v) is 13.9. The predicted octanol–water partition coefficient (Wildman–Crippen LogP) is 8.21. The third kappa shape index (κ3) is 4.77. The van der Waals surface area contributed by atoms with Crippen molar-refractivity contribution >= 4 is 44.5 Å². The molecule has 6 rings (SSSR count). The van der Waals surface area contributed by atoms with E-state index in [1.54, 1.807) is 19.1 Å². The number of fused-ring (bicyclic) bond motifs is 1. The van der Waals surface area contributed by atoms with Gasteiger partial charge in [-0.15, -0.1) is 11.3 Å². The topological polar surface area (TPSA) is 77.7 Å². The molecule has 6 nitrogen and oxygen atoms in total.